The fraction of sp³-hybridized carbons (Fsp3) is 0.394. The summed E-state index contributed by atoms with van der Waals surface area (Å²) in [5, 5.41) is 0. The van der Waals surface area contributed by atoms with Crippen LogP contribution in [0.15, 0.2) is 42.9 Å². The summed E-state index contributed by atoms with van der Waals surface area (Å²) in [4.78, 5) is 27.3. The van der Waals surface area contributed by atoms with E-state index in [1.54, 1.807) is 12.4 Å². The van der Waals surface area contributed by atoms with Crippen molar-refractivity contribution in [2.45, 2.75) is 38.5 Å². The van der Waals surface area contributed by atoms with Gasteiger partial charge in [0.2, 0.25) is 0 Å². The highest BCUT2D eigenvalue weighted by Gasteiger charge is 2.36. The van der Waals surface area contributed by atoms with Gasteiger partial charge in [-0.3, -0.25) is 0 Å². The van der Waals surface area contributed by atoms with Crippen molar-refractivity contribution in [3.05, 3.63) is 77.0 Å². The van der Waals surface area contributed by atoms with E-state index < -0.39 is 0 Å². The van der Waals surface area contributed by atoms with Crippen molar-refractivity contribution >= 4 is 23.3 Å². The Balaban J connectivity index is 1.07. The first kappa shape index (κ1) is 27.5. The molecular weight excluding hydrogens is 545 g/mol. The number of hydrogen-bond acceptors (Lipinski definition) is 8. The zero-order chi connectivity index (χ0) is 29.6. The third-order valence-corrected chi connectivity index (χ3v) is 9.12. The zero-order valence-corrected chi connectivity index (χ0v) is 24.9. The molecule has 0 spiro atoms. The maximum atomic E-state index is 14.4. The number of aromatic amines is 1. The van der Waals surface area contributed by atoms with Crippen LogP contribution in [0.5, 0.6) is 5.75 Å². The van der Waals surface area contributed by atoms with E-state index >= 15 is 0 Å². The normalized spacial score (nSPS) is 18.0. The Bertz CT molecular complexity index is 1670. The van der Waals surface area contributed by atoms with Crippen molar-refractivity contribution in [3.63, 3.8) is 0 Å². The summed E-state index contributed by atoms with van der Waals surface area (Å²) in [7, 11) is 1.47. The highest BCUT2D eigenvalue weighted by atomic mass is 19.1. The molecule has 43 heavy (non-hydrogen) atoms. The molecule has 0 atom stereocenters. The number of ether oxygens (including phenoxy) is 2. The molecule has 2 fully saturated rings. The van der Waals surface area contributed by atoms with E-state index in [2.05, 4.69) is 44.9 Å². The fourth-order valence-corrected chi connectivity index (χ4v) is 6.40. The summed E-state index contributed by atoms with van der Waals surface area (Å²) in [5.74, 6) is 2.77. The summed E-state index contributed by atoms with van der Waals surface area (Å²) in [6.45, 7) is 9.19. The number of allylic oxidation sites excluding steroid dienone is 1. The first-order valence-corrected chi connectivity index (χ1v) is 14.9. The van der Waals surface area contributed by atoms with Gasteiger partial charge in [-0.05, 0) is 67.3 Å². The van der Waals surface area contributed by atoms with Crippen LogP contribution >= 0.6 is 0 Å². The standard InChI is InChI=1S/C33H36FN7O2/c1-21-30(22-4-6-28(42-3)26(34)17-22)39-32(38-21)33(2)8-10-41(11-9-33)31-25-16-24(18-27(25)36-20-37-31)23-5-7-29(35-19-23)40-12-14-43-15-13-40/h4-7,16-17,19-20H,8-15,18H2,1-3H3,(H,38,39). The van der Waals surface area contributed by atoms with Gasteiger partial charge in [-0.2, -0.15) is 0 Å². The fourth-order valence-electron chi connectivity index (χ4n) is 6.40. The van der Waals surface area contributed by atoms with Crippen LogP contribution < -0.4 is 14.5 Å². The van der Waals surface area contributed by atoms with Crippen molar-refractivity contribution in [2.75, 3.05) is 56.3 Å². The molecule has 0 unspecified atom stereocenters. The van der Waals surface area contributed by atoms with Crippen molar-refractivity contribution in [3.8, 4) is 17.0 Å². The molecule has 0 radical (unpaired) electrons. The number of halogens is 1. The van der Waals surface area contributed by atoms with Gasteiger partial charge in [0.05, 0.1) is 31.7 Å². The number of benzene rings is 1. The number of fused-ring (bicyclic) bond motifs is 1. The van der Waals surface area contributed by atoms with Gasteiger partial charge in [0.1, 0.15) is 23.8 Å². The second-order valence-electron chi connectivity index (χ2n) is 11.9. The van der Waals surface area contributed by atoms with Gasteiger partial charge >= 0.3 is 0 Å². The highest BCUT2D eigenvalue weighted by molar-refractivity contribution is 5.91. The lowest BCUT2D eigenvalue weighted by Gasteiger charge is -2.39. The van der Waals surface area contributed by atoms with Gasteiger partial charge in [-0.1, -0.05) is 6.92 Å². The van der Waals surface area contributed by atoms with E-state index in [0.29, 0.717) is 0 Å². The molecule has 10 heteroatoms. The topological polar surface area (TPSA) is 92.3 Å². The molecular formula is C33H36FN7O2. The van der Waals surface area contributed by atoms with Crippen LogP contribution in [0.3, 0.4) is 0 Å². The lowest BCUT2D eigenvalue weighted by molar-refractivity contribution is 0.122. The number of pyridine rings is 1. The van der Waals surface area contributed by atoms with Crippen LogP contribution in [0.4, 0.5) is 16.0 Å². The lowest BCUT2D eigenvalue weighted by atomic mass is 9.79. The van der Waals surface area contributed by atoms with Gasteiger partial charge in [0.25, 0.3) is 0 Å². The van der Waals surface area contributed by atoms with Gasteiger partial charge < -0.3 is 24.3 Å². The zero-order valence-electron chi connectivity index (χ0n) is 24.9. The number of nitrogens with one attached hydrogen (secondary N) is 1. The molecule has 3 aromatic heterocycles. The van der Waals surface area contributed by atoms with Crippen molar-refractivity contribution in [2.24, 2.45) is 0 Å². The molecule has 222 valence electrons. The largest absolute Gasteiger partial charge is 0.494 e. The summed E-state index contributed by atoms with van der Waals surface area (Å²) in [6, 6.07) is 9.26. The summed E-state index contributed by atoms with van der Waals surface area (Å²) >= 11 is 0. The van der Waals surface area contributed by atoms with Gasteiger partial charge in [0.15, 0.2) is 11.6 Å². The molecule has 4 aromatic rings. The van der Waals surface area contributed by atoms with E-state index in [9.17, 15) is 4.39 Å². The molecule has 1 aromatic carbocycles. The molecule has 2 aliphatic heterocycles. The Kier molecular flexibility index (Phi) is 7.09. The van der Waals surface area contributed by atoms with E-state index in [-0.39, 0.29) is 17.0 Å². The van der Waals surface area contributed by atoms with Crippen LogP contribution in [0.1, 0.15) is 48.1 Å². The molecule has 1 aliphatic carbocycles. The molecule has 9 nitrogen and oxygen atoms in total. The van der Waals surface area contributed by atoms with Crippen LogP contribution in [-0.2, 0) is 16.6 Å². The molecule has 0 amide bonds. The molecule has 3 aliphatic rings. The average molecular weight is 582 g/mol. The number of hydrogen-bond donors (Lipinski definition) is 1. The number of nitrogens with zero attached hydrogens (tertiary/aromatic N) is 6. The third-order valence-electron chi connectivity index (χ3n) is 9.12. The van der Waals surface area contributed by atoms with Crippen LogP contribution in [0.2, 0.25) is 0 Å². The summed E-state index contributed by atoms with van der Waals surface area (Å²) < 4.78 is 25.0. The van der Waals surface area contributed by atoms with Crippen LogP contribution in [-0.4, -0.2) is 71.4 Å². The van der Waals surface area contributed by atoms with Crippen molar-refractivity contribution in [1.82, 2.24) is 24.9 Å². The third kappa shape index (κ3) is 5.14. The van der Waals surface area contributed by atoms with E-state index in [4.69, 9.17) is 24.4 Å². The van der Waals surface area contributed by atoms with E-state index in [1.807, 2.05) is 19.2 Å². The molecule has 5 heterocycles. The first-order valence-electron chi connectivity index (χ1n) is 14.9. The molecule has 7 rings (SSSR count). The summed E-state index contributed by atoms with van der Waals surface area (Å²) in [5.41, 5.74) is 6.82. The quantitative estimate of drug-likeness (QED) is 0.332. The maximum absolute atomic E-state index is 14.4. The monoisotopic (exact) mass is 581 g/mol. The Morgan fingerprint density at radius 1 is 0.977 bits per heavy atom. The van der Waals surface area contributed by atoms with Crippen LogP contribution in [0, 0.1) is 12.7 Å². The predicted octanol–water partition coefficient (Wildman–Crippen LogP) is 5.21. The predicted molar refractivity (Wildman–Crippen MR) is 165 cm³/mol. The number of imidazole rings is 1. The minimum absolute atomic E-state index is 0.129. The minimum atomic E-state index is -0.390. The van der Waals surface area contributed by atoms with Crippen molar-refractivity contribution in [1.29, 1.82) is 0 Å². The SMILES string of the molecule is COc1ccc(-c2nc(C3(C)CCN(c4ncnc5c4C=C(c4ccc(N6CCOCC6)nc4)C5)CC3)[nH]c2C)cc1F. The van der Waals surface area contributed by atoms with Gasteiger partial charge in [0, 0.05) is 61.0 Å². The lowest BCUT2D eigenvalue weighted by Crippen LogP contribution is -2.42. The summed E-state index contributed by atoms with van der Waals surface area (Å²) in [6.07, 6.45) is 8.50. The first-order chi connectivity index (χ1) is 20.9. The van der Waals surface area contributed by atoms with Gasteiger partial charge in [-0.15, -0.1) is 0 Å². The number of piperidine rings is 1. The molecule has 0 saturated carbocycles. The maximum Gasteiger partial charge on any atom is 0.165 e. The number of aryl methyl sites for hydroxylation is 1. The Morgan fingerprint density at radius 2 is 1.77 bits per heavy atom. The average Bonchev–Trinajstić information content (AvgIpc) is 3.66. The number of rotatable bonds is 6. The second kappa shape index (κ2) is 11.1. The Labute approximate surface area is 250 Å². The number of H-pyrrole nitrogens is 1. The number of morpholine rings is 1. The number of aromatic nitrogens is 5. The molecule has 0 bridgehead atoms. The van der Waals surface area contributed by atoms with E-state index in [1.165, 1.54) is 18.7 Å². The van der Waals surface area contributed by atoms with E-state index in [0.717, 1.165) is 110 Å². The molecule has 1 N–H and O–H groups in total. The smallest absolute Gasteiger partial charge is 0.165 e. The van der Waals surface area contributed by atoms with Gasteiger partial charge in [-0.25, -0.2) is 24.3 Å². The molecule has 2 saturated heterocycles. The Morgan fingerprint density at radius 3 is 2.49 bits per heavy atom. The number of anilines is 2. The highest BCUT2D eigenvalue weighted by Crippen LogP contribution is 2.40. The van der Waals surface area contributed by atoms with Crippen molar-refractivity contribution < 1.29 is 13.9 Å². The number of methoxy groups -OCH3 is 1. The Hall–Kier alpha value is -4.31. The minimum Gasteiger partial charge on any atom is -0.494 e. The van der Waals surface area contributed by atoms with Crippen LogP contribution in [0.25, 0.3) is 22.9 Å². The second-order valence-corrected chi connectivity index (χ2v) is 11.9.